The van der Waals surface area contributed by atoms with E-state index in [9.17, 15) is 18.3 Å². The number of fused-ring (bicyclic) bond motifs is 1. The summed E-state index contributed by atoms with van der Waals surface area (Å²) >= 11 is 6.18. The molecule has 1 heterocycles. The lowest BCUT2D eigenvalue weighted by molar-refractivity contribution is -0.0517. The van der Waals surface area contributed by atoms with Gasteiger partial charge < -0.3 is 9.66 Å². The third-order valence-electron chi connectivity index (χ3n) is 2.80. The minimum atomic E-state index is -6.09. The monoisotopic (exact) mass is 386 g/mol. The van der Waals surface area contributed by atoms with Gasteiger partial charge in [-0.25, -0.2) is 8.42 Å². The van der Waals surface area contributed by atoms with Gasteiger partial charge in [-0.2, -0.15) is 13.2 Å². The number of nitrogens with zero attached hydrogens (tertiary/aromatic N) is 2. The van der Waals surface area contributed by atoms with E-state index in [-0.39, 0.29) is 5.75 Å². The van der Waals surface area contributed by atoms with Crippen LogP contribution in [0.25, 0.3) is 10.9 Å². The molecule has 1 N–H and O–H groups in total. The fraction of sp³-hybridized carbons (Fsp3) is 0.308. The Morgan fingerprint density at radius 3 is 2.21 bits per heavy atom. The van der Waals surface area contributed by atoms with Gasteiger partial charge in [0.25, 0.3) is 0 Å². The van der Waals surface area contributed by atoms with E-state index in [1.807, 2.05) is 27.2 Å². The van der Waals surface area contributed by atoms with Crippen LogP contribution in [0, 0.1) is 0 Å². The highest BCUT2D eigenvalue weighted by Gasteiger charge is 2.36. The summed E-state index contributed by atoms with van der Waals surface area (Å²) in [6.45, 7) is 0. The highest BCUT2D eigenvalue weighted by atomic mass is 35.5. The maximum absolute atomic E-state index is 10.7. The van der Waals surface area contributed by atoms with Crippen molar-refractivity contribution in [1.29, 1.82) is 0 Å². The Morgan fingerprint density at radius 1 is 1.29 bits per heavy atom. The molecule has 134 valence electrons. The molecule has 0 saturated heterocycles. The highest BCUT2D eigenvalue weighted by molar-refractivity contribution is 7.86. The van der Waals surface area contributed by atoms with Crippen molar-refractivity contribution >= 4 is 38.3 Å². The topological polar surface area (TPSA) is 90.3 Å². The van der Waals surface area contributed by atoms with Crippen LogP contribution in [0.3, 0.4) is 0 Å². The lowest BCUT2D eigenvalue weighted by Gasteiger charge is -2.24. The molecule has 24 heavy (non-hydrogen) atoms. The lowest BCUT2D eigenvalue weighted by Crippen LogP contribution is -2.34. The molecule has 0 aliphatic rings. The summed E-state index contributed by atoms with van der Waals surface area (Å²) < 4.78 is 59.4. The average molecular weight is 387 g/mol. The minimum absolute atomic E-state index is 0.201. The first kappa shape index (κ1) is 20.4. The summed E-state index contributed by atoms with van der Waals surface area (Å²) in [4.78, 5) is 4.17. The number of hydrogen-bond acceptors (Lipinski definition) is 5. The molecular formula is C13H14ClF3N2O4S. The molecule has 0 spiro atoms. The molecule has 0 aliphatic heterocycles. The summed E-state index contributed by atoms with van der Waals surface area (Å²) in [6.07, 6.45) is 1.65. The van der Waals surface area contributed by atoms with Gasteiger partial charge in [0.2, 0.25) is 5.75 Å². The van der Waals surface area contributed by atoms with E-state index in [4.69, 9.17) is 24.6 Å². The van der Waals surface area contributed by atoms with Crippen LogP contribution >= 0.6 is 11.6 Å². The van der Waals surface area contributed by atoms with Gasteiger partial charge in [0.05, 0.1) is 26.2 Å². The molecule has 2 rings (SSSR count). The van der Waals surface area contributed by atoms with Gasteiger partial charge in [-0.05, 0) is 12.1 Å². The molecule has 0 amide bonds. The van der Waals surface area contributed by atoms with Gasteiger partial charge >= 0.3 is 5.51 Å². The second-order valence-electron chi connectivity index (χ2n) is 5.54. The lowest BCUT2D eigenvalue weighted by atomic mass is 10.1. The van der Waals surface area contributed by atoms with Gasteiger partial charge in [0.1, 0.15) is 5.52 Å². The molecule has 11 heteroatoms. The molecule has 0 unspecified atom stereocenters. The Morgan fingerprint density at radius 2 is 1.79 bits per heavy atom. The third kappa shape index (κ3) is 4.69. The highest BCUT2D eigenvalue weighted by Crippen LogP contribution is 2.39. The van der Waals surface area contributed by atoms with E-state index in [1.54, 1.807) is 18.3 Å². The Balaban J connectivity index is 0.000000307. The fourth-order valence-corrected chi connectivity index (χ4v) is 1.94. The van der Waals surface area contributed by atoms with Crippen LogP contribution < -0.4 is 4.48 Å². The zero-order valence-electron chi connectivity index (χ0n) is 12.8. The van der Waals surface area contributed by atoms with E-state index in [1.165, 1.54) is 0 Å². The number of halogens is 4. The second kappa shape index (κ2) is 6.71. The molecule has 1 aromatic heterocycles. The summed E-state index contributed by atoms with van der Waals surface area (Å²) in [5, 5.41) is 11.6. The number of pyridine rings is 1. The van der Waals surface area contributed by atoms with Crippen LogP contribution in [-0.2, 0) is 10.1 Å². The smallest absolute Gasteiger partial charge is 0.485 e. The van der Waals surface area contributed by atoms with Crippen LogP contribution in [0.2, 0.25) is 5.02 Å². The van der Waals surface area contributed by atoms with Gasteiger partial charge in [-0.1, -0.05) is 11.6 Å². The van der Waals surface area contributed by atoms with E-state index in [0.717, 1.165) is 11.1 Å². The minimum Gasteiger partial charge on any atom is -0.741 e. The molecular weight excluding hydrogens is 373 g/mol. The van der Waals surface area contributed by atoms with Crippen LogP contribution in [0.4, 0.5) is 18.9 Å². The van der Waals surface area contributed by atoms with Crippen molar-refractivity contribution in [2.24, 2.45) is 0 Å². The largest absolute Gasteiger partial charge is 0.741 e. The molecule has 2 aromatic rings. The number of aromatic nitrogens is 1. The van der Waals surface area contributed by atoms with E-state index < -0.39 is 15.6 Å². The summed E-state index contributed by atoms with van der Waals surface area (Å²) in [7, 11) is -0.173. The maximum atomic E-state index is 10.7. The van der Waals surface area contributed by atoms with E-state index >= 15 is 0 Å². The number of quaternary nitrogens is 1. The zero-order valence-corrected chi connectivity index (χ0v) is 14.4. The number of rotatable bonds is 1. The Hall–Kier alpha value is -1.62. The zero-order chi connectivity index (χ0) is 18.9. The van der Waals surface area contributed by atoms with Gasteiger partial charge in [0, 0.05) is 17.6 Å². The Labute approximate surface area is 141 Å². The van der Waals surface area contributed by atoms with E-state index in [2.05, 4.69) is 4.98 Å². The summed E-state index contributed by atoms with van der Waals surface area (Å²) in [6, 6.07) is 5.45. The number of benzene rings is 1. The van der Waals surface area contributed by atoms with Crippen LogP contribution in [-0.4, -0.2) is 49.7 Å². The van der Waals surface area contributed by atoms with E-state index in [0.29, 0.717) is 15.0 Å². The maximum Gasteiger partial charge on any atom is 0.485 e. The normalized spacial score (nSPS) is 12.7. The van der Waals surface area contributed by atoms with Crippen molar-refractivity contribution in [2.45, 2.75) is 5.51 Å². The number of alkyl halides is 3. The van der Waals surface area contributed by atoms with Gasteiger partial charge in [-0.3, -0.25) is 9.47 Å². The molecule has 0 fully saturated rings. The molecule has 0 saturated carbocycles. The number of hydrogen-bond donors (Lipinski definition) is 1. The van der Waals surface area contributed by atoms with Crippen molar-refractivity contribution < 1.29 is 31.2 Å². The SMILES string of the molecule is C[N+](C)(C)c1cc(Cl)c2cccnc2c1O.O=S(=O)([O-])C(F)(F)F. The molecule has 0 radical (unpaired) electrons. The third-order valence-corrected chi connectivity index (χ3v) is 3.68. The summed E-state index contributed by atoms with van der Waals surface area (Å²) in [5.74, 6) is 0.201. The second-order valence-corrected chi connectivity index (χ2v) is 7.32. The first-order chi connectivity index (χ1) is 10.7. The molecule has 1 aromatic carbocycles. The molecule has 6 nitrogen and oxygen atoms in total. The number of phenols is 1. The van der Waals surface area contributed by atoms with Crippen molar-refractivity contribution in [2.75, 3.05) is 21.1 Å². The first-order valence-electron chi connectivity index (χ1n) is 6.26. The Kier molecular flexibility index (Phi) is 5.71. The van der Waals surface area contributed by atoms with Crippen molar-refractivity contribution in [3.05, 3.63) is 29.4 Å². The first-order valence-corrected chi connectivity index (χ1v) is 8.05. The van der Waals surface area contributed by atoms with Gasteiger partial charge in [0.15, 0.2) is 15.8 Å². The average Bonchev–Trinajstić information content (AvgIpc) is 2.40. The quantitative estimate of drug-likeness (QED) is 0.462. The molecule has 0 aliphatic carbocycles. The molecule has 0 bridgehead atoms. The number of phenolic OH excluding ortho intramolecular Hbond substituents is 1. The van der Waals surface area contributed by atoms with Crippen LogP contribution in [0.5, 0.6) is 5.75 Å². The van der Waals surface area contributed by atoms with Crippen LogP contribution in [0.15, 0.2) is 24.4 Å². The summed E-state index contributed by atoms with van der Waals surface area (Å²) in [5.41, 5.74) is -4.33. The molecule has 0 atom stereocenters. The van der Waals surface area contributed by atoms with Crippen LogP contribution in [0.1, 0.15) is 0 Å². The van der Waals surface area contributed by atoms with Gasteiger partial charge in [-0.15, -0.1) is 0 Å². The van der Waals surface area contributed by atoms with Crippen molar-refractivity contribution in [3.8, 4) is 5.75 Å². The Bertz CT molecular complexity index is 849. The predicted molar refractivity (Wildman–Crippen MR) is 83.7 cm³/mol. The van der Waals surface area contributed by atoms with Crippen molar-refractivity contribution in [1.82, 2.24) is 9.47 Å². The van der Waals surface area contributed by atoms with Crippen molar-refractivity contribution in [3.63, 3.8) is 0 Å². The standard InChI is InChI=1S/C12H13ClN2O.CHF3O3S/c1-15(2,3)10-7-9(13)8-5-4-6-14-11(8)12(10)16;2-1(3,4)8(5,6)7/h4-7H,1-3H3;(H,5,6,7). The predicted octanol–water partition coefficient (Wildman–Crippen LogP) is 2.84. The number of aromatic hydroxyl groups is 1. The fourth-order valence-electron chi connectivity index (χ4n) is 1.69.